The van der Waals surface area contributed by atoms with Gasteiger partial charge in [0.05, 0.1) is 0 Å². The number of hydrogen-bond donors (Lipinski definition) is 0. The van der Waals surface area contributed by atoms with Crippen LogP contribution in [-0.2, 0) is 0 Å². The molecule has 3 aromatic heterocycles. The standard InChI is InChI=1S/C14H9ClN2Se/c1-8-2-5-12-16-13-10-4-3-9(15)6-11(10)18-14(13)17(12)7-8/h2-7H,1H3. The molecule has 0 atom stereocenters. The second-order valence-corrected chi connectivity index (χ2v) is 7.04. The molecule has 0 saturated heterocycles. The van der Waals surface area contributed by atoms with Crippen LogP contribution < -0.4 is 0 Å². The second-order valence-electron chi connectivity index (χ2n) is 4.44. The van der Waals surface area contributed by atoms with Crippen molar-refractivity contribution in [1.82, 2.24) is 9.38 Å². The summed E-state index contributed by atoms with van der Waals surface area (Å²) in [7, 11) is 0. The Bertz CT molecular complexity index is 904. The zero-order valence-corrected chi connectivity index (χ0v) is 12.1. The zero-order valence-electron chi connectivity index (χ0n) is 9.64. The molecule has 0 aliphatic carbocycles. The molecule has 4 heteroatoms. The van der Waals surface area contributed by atoms with Gasteiger partial charge in [0, 0.05) is 0 Å². The fourth-order valence-electron chi connectivity index (χ4n) is 2.28. The summed E-state index contributed by atoms with van der Waals surface area (Å²) in [5.41, 5.74) is 3.42. The quantitative estimate of drug-likeness (QED) is 0.452. The van der Waals surface area contributed by atoms with Gasteiger partial charge in [-0.1, -0.05) is 0 Å². The summed E-state index contributed by atoms with van der Waals surface area (Å²) in [6.45, 7) is 2.11. The van der Waals surface area contributed by atoms with Crippen molar-refractivity contribution in [3.63, 3.8) is 0 Å². The van der Waals surface area contributed by atoms with Crippen LogP contribution in [0.2, 0.25) is 5.02 Å². The van der Waals surface area contributed by atoms with Crippen molar-refractivity contribution in [1.29, 1.82) is 0 Å². The maximum absolute atomic E-state index is 6.06. The Morgan fingerprint density at radius 2 is 2.11 bits per heavy atom. The molecule has 2 nitrogen and oxygen atoms in total. The summed E-state index contributed by atoms with van der Waals surface area (Å²) in [5, 5.41) is 2.06. The molecule has 0 N–H and O–H groups in total. The third kappa shape index (κ3) is 1.39. The van der Waals surface area contributed by atoms with E-state index in [9.17, 15) is 0 Å². The molecule has 0 unspecified atom stereocenters. The summed E-state index contributed by atoms with van der Waals surface area (Å²) in [6.07, 6.45) is 2.16. The average molecular weight is 320 g/mol. The molecule has 0 amide bonds. The van der Waals surface area contributed by atoms with Gasteiger partial charge in [0.2, 0.25) is 0 Å². The first-order chi connectivity index (χ1) is 8.72. The van der Waals surface area contributed by atoms with E-state index in [1.807, 2.05) is 6.07 Å². The first-order valence-electron chi connectivity index (χ1n) is 5.69. The molecular weight excluding hydrogens is 311 g/mol. The van der Waals surface area contributed by atoms with Crippen LogP contribution >= 0.6 is 11.6 Å². The maximum atomic E-state index is 6.06. The normalized spacial score (nSPS) is 11.9. The van der Waals surface area contributed by atoms with Gasteiger partial charge in [-0.05, 0) is 0 Å². The summed E-state index contributed by atoms with van der Waals surface area (Å²) in [6, 6.07) is 10.3. The van der Waals surface area contributed by atoms with Gasteiger partial charge in [-0.15, -0.1) is 0 Å². The Kier molecular flexibility index (Phi) is 2.13. The first kappa shape index (κ1) is 10.6. The van der Waals surface area contributed by atoms with Crippen molar-refractivity contribution in [3.8, 4) is 0 Å². The molecule has 0 fully saturated rings. The van der Waals surface area contributed by atoms with Gasteiger partial charge in [-0.2, -0.15) is 0 Å². The Hall–Kier alpha value is -1.28. The zero-order chi connectivity index (χ0) is 12.3. The van der Waals surface area contributed by atoms with Crippen molar-refractivity contribution >= 4 is 51.3 Å². The van der Waals surface area contributed by atoms with Gasteiger partial charge in [0.1, 0.15) is 0 Å². The molecule has 4 rings (SSSR count). The van der Waals surface area contributed by atoms with Crippen LogP contribution in [0.3, 0.4) is 0 Å². The number of aryl methyl sites for hydroxylation is 1. The molecule has 18 heavy (non-hydrogen) atoms. The summed E-state index contributed by atoms with van der Waals surface area (Å²) < 4.78 is 4.89. The van der Waals surface area contributed by atoms with E-state index in [1.54, 1.807) is 0 Å². The molecular formula is C14H9ClN2Se. The van der Waals surface area contributed by atoms with Crippen LogP contribution in [0.15, 0.2) is 36.5 Å². The van der Waals surface area contributed by atoms with Crippen molar-refractivity contribution in [2.24, 2.45) is 0 Å². The van der Waals surface area contributed by atoms with Gasteiger partial charge < -0.3 is 0 Å². The van der Waals surface area contributed by atoms with Crippen LogP contribution in [-0.4, -0.2) is 23.9 Å². The monoisotopic (exact) mass is 320 g/mol. The molecule has 0 spiro atoms. The molecule has 0 aliphatic heterocycles. The topological polar surface area (TPSA) is 17.3 Å². The number of halogens is 1. The molecule has 0 aliphatic rings. The fourth-order valence-corrected chi connectivity index (χ4v) is 5.05. The summed E-state index contributed by atoms with van der Waals surface area (Å²) >= 11 is 6.35. The van der Waals surface area contributed by atoms with Crippen LogP contribution in [0.4, 0.5) is 0 Å². The number of fused-ring (bicyclic) bond motifs is 5. The third-order valence-corrected chi connectivity index (χ3v) is 5.76. The van der Waals surface area contributed by atoms with Crippen molar-refractivity contribution in [3.05, 3.63) is 47.1 Å². The van der Waals surface area contributed by atoms with E-state index in [0.717, 1.165) is 16.2 Å². The first-order valence-corrected chi connectivity index (χ1v) is 7.78. The van der Waals surface area contributed by atoms with Gasteiger partial charge in [0.15, 0.2) is 0 Å². The Morgan fingerprint density at radius 1 is 1.22 bits per heavy atom. The van der Waals surface area contributed by atoms with E-state index in [2.05, 4.69) is 41.8 Å². The van der Waals surface area contributed by atoms with E-state index in [4.69, 9.17) is 16.6 Å². The van der Waals surface area contributed by atoms with Gasteiger partial charge in [-0.3, -0.25) is 0 Å². The van der Waals surface area contributed by atoms with Crippen LogP contribution in [0.1, 0.15) is 5.56 Å². The van der Waals surface area contributed by atoms with E-state index in [1.165, 1.54) is 19.6 Å². The number of nitrogens with zero attached hydrogens (tertiary/aromatic N) is 2. The number of aromatic nitrogens is 2. The summed E-state index contributed by atoms with van der Waals surface area (Å²) in [5.74, 6) is 0. The predicted octanol–water partition coefficient (Wildman–Crippen LogP) is 3.66. The van der Waals surface area contributed by atoms with E-state index < -0.39 is 0 Å². The molecule has 0 bridgehead atoms. The predicted molar refractivity (Wildman–Crippen MR) is 76.9 cm³/mol. The Labute approximate surface area is 115 Å². The molecule has 0 radical (unpaired) electrons. The SMILES string of the molecule is Cc1ccc2nc3c4ccc(Cl)cc4[se]c3n2c1. The number of hydrogen-bond acceptors (Lipinski definition) is 1. The number of benzene rings is 1. The van der Waals surface area contributed by atoms with E-state index in [0.29, 0.717) is 14.5 Å². The van der Waals surface area contributed by atoms with Crippen molar-refractivity contribution < 1.29 is 0 Å². The van der Waals surface area contributed by atoms with Gasteiger partial charge in [-0.25, -0.2) is 0 Å². The Balaban J connectivity index is 2.25. The second kappa shape index (κ2) is 3.61. The number of imidazole rings is 1. The van der Waals surface area contributed by atoms with Crippen LogP contribution in [0.25, 0.3) is 25.2 Å². The number of rotatable bonds is 0. The van der Waals surface area contributed by atoms with Gasteiger partial charge in [0.25, 0.3) is 0 Å². The molecule has 0 saturated carbocycles. The van der Waals surface area contributed by atoms with E-state index in [-0.39, 0.29) is 0 Å². The van der Waals surface area contributed by atoms with Crippen molar-refractivity contribution in [2.45, 2.75) is 6.92 Å². The van der Waals surface area contributed by atoms with Crippen LogP contribution in [0, 0.1) is 6.92 Å². The average Bonchev–Trinajstić information content (AvgIpc) is 2.84. The molecule has 3 heterocycles. The van der Waals surface area contributed by atoms with Crippen LogP contribution in [0.5, 0.6) is 0 Å². The summed E-state index contributed by atoms with van der Waals surface area (Å²) in [4.78, 5) is 4.74. The molecule has 88 valence electrons. The fraction of sp³-hybridized carbons (Fsp3) is 0.0714. The van der Waals surface area contributed by atoms with Crippen molar-refractivity contribution in [2.75, 3.05) is 0 Å². The Morgan fingerprint density at radius 3 is 3.00 bits per heavy atom. The number of pyridine rings is 1. The molecule has 1 aromatic carbocycles. The molecule has 4 aromatic rings. The van der Waals surface area contributed by atoms with Gasteiger partial charge >= 0.3 is 115 Å². The third-order valence-electron chi connectivity index (χ3n) is 3.13. The minimum atomic E-state index is 0.294. The van der Waals surface area contributed by atoms with E-state index >= 15 is 0 Å². The minimum absolute atomic E-state index is 0.294.